The molecule has 1 unspecified atom stereocenters. The summed E-state index contributed by atoms with van der Waals surface area (Å²) in [6, 6.07) is 0.309. The lowest BCUT2D eigenvalue weighted by Gasteiger charge is -2.42. The first-order chi connectivity index (χ1) is 7.89. The Balaban J connectivity index is 1.90. The molecule has 98 valence electrons. The molecule has 2 fully saturated rings. The molecule has 0 aromatic heterocycles. The highest BCUT2D eigenvalue weighted by Gasteiger charge is 2.40. The normalized spacial score (nSPS) is 27.9. The molecule has 1 amide bonds. The van der Waals surface area contributed by atoms with Crippen molar-refractivity contribution < 1.29 is 13.2 Å². The van der Waals surface area contributed by atoms with E-state index < -0.39 is 10.0 Å². The Bertz CT molecular complexity index is 401. The summed E-state index contributed by atoms with van der Waals surface area (Å²) in [7, 11) is -3.11. The standard InChI is InChI=1S/C11H20N2O3S/c1-9-5-3-4-6-13(9)11(14)10-7-12(8-10)17(2,15)16/h9-10H,3-8H2,1-2H3. The fourth-order valence-corrected chi connectivity index (χ4v) is 3.43. The van der Waals surface area contributed by atoms with Gasteiger partial charge >= 0.3 is 0 Å². The fraction of sp³-hybridized carbons (Fsp3) is 0.909. The molecule has 2 rings (SSSR count). The lowest BCUT2D eigenvalue weighted by Crippen LogP contribution is -2.57. The maximum absolute atomic E-state index is 12.2. The van der Waals surface area contributed by atoms with Gasteiger partial charge in [0.2, 0.25) is 15.9 Å². The predicted octanol–water partition coefficient (Wildman–Crippen LogP) is 0.279. The van der Waals surface area contributed by atoms with E-state index in [4.69, 9.17) is 0 Å². The van der Waals surface area contributed by atoms with Crippen molar-refractivity contribution in [3.05, 3.63) is 0 Å². The van der Waals surface area contributed by atoms with Gasteiger partial charge in [-0.3, -0.25) is 4.79 Å². The molecular weight excluding hydrogens is 240 g/mol. The van der Waals surface area contributed by atoms with Crippen molar-refractivity contribution in [2.24, 2.45) is 5.92 Å². The summed E-state index contributed by atoms with van der Waals surface area (Å²) in [4.78, 5) is 14.1. The number of hydrogen-bond donors (Lipinski definition) is 0. The van der Waals surface area contributed by atoms with E-state index >= 15 is 0 Å². The Kier molecular flexibility index (Phi) is 3.45. The number of likely N-dealkylation sites (tertiary alicyclic amines) is 1. The van der Waals surface area contributed by atoms with E-state index in [2.05, 4.69) is 6.92 Å². The zero-order valence-corrected chi connectivity index (χ0v) is 11.2. The summed E-state index contributed by atoms with van der Waals surface area (Å²) >= 11 is 0. The van der Waals surface area contributed by atoms with Gasteiger partial charge in [0.25, 0.3) is 0 Å². The molecule has 2 saturated heterocycles. The van der Waals surface area contributed by atoms with E-state index in [0.717, 1.165) is 19.4 Å². The highest BCUT2D eigenvalue weighted by molar-refractivity contribution is 7.88. The van der Waals surface area contributed by atoms with Crippen LogP contribution in [0.15, 0.2) is 0 Å². The Morgan fingerprint density at radius 2 is 1.88 bits per heavy atom. The molecule has 0 aromatic rings. The van der Waals surface area contributed by atoms with Crippen LogP contribution >= 0.6 is 0 Å². The van der Waals surface area contributed by atoms with Crippen LogP contribution in [0.1, 0.15) is 26.2 Å². The second-order valence-corrected chi connectivity index (χ2v) is 7.14. The molecule has 0 N–H and O–H groups in total. The van der Waals surface area contributed by atoms with Crippen LogP contribution in [0.4, 0.5) is 0 Å². The number of rotatable bonds is 2. The minimum absolute atomic E-state index is 0.120. The van der Waals surface area contributed by atoms with E-state index in [9.17, 15) is 13.2 Å². The summed E-state index contributed by atoms with van der Waals surface area (Å²) in [5.74, 6) is 0.0161. The van der Waals surface area contributed by atoms with E-state index in [1.807, 2.05) is 4.90 Å². The zero-order chi connectivity index (χ0) is 12.6. The molecule has 6 heteroatoms. The molecule has 2 heterocycles. The Hall–Kier alpha value is -0.620. The van der Waals surface area contributed by atoms with Gasteiger partial charge in [-0.1, -0.05) is 0 Å². The second-order valence-electron chi connectivity index (χ2n) is 5.15. The van der Waals surface area contributed by atoms with Gasteiger partial charge < -0.3 is 4.90 Å². The van der Waals surface area contributed by atoms with Crippen molar-refractivity contribution in [3.63, 3.8) is 0 Å². The SMILES string of the molecule is CC1CCCCN1C(=O)C1CN(S(C)(=O)=O)C1. The highest BCUT2D eigenvalue weighted by Crippen LogP contribution is 2.25. The summed E-state index contributed by atoms with van der Waals surface area (Å²) in [6.45, 7) is 3.63. The molecule has 5 nitrogen and oxygen atoms in total. The first-order valence-corrected chi connectivity index (χ1v) is 8.00. The Morgan fingerprint density at radius 3 is 2.41 bits per heavy atom. The van der Waals surface area contributed by atoms with Crippen LogP contribution in [0.2, 0.25) is 0 Å². The predicted molar refractivity (Wildman–Crippen MR) is 64.9 cm³/mol. The third-order valence-corrected chi connectivity index (χ3v) is 4.99. The number of piperidine rings is 1. The monoisotopic (exact) mass is 260 g/mol. The average molecular weight is 260 g/mol. The lowest BCUT2D eigenvalue weighted by molar-refractivity contribution is -0.142. The first-order valence-electron chi connectivity index (χ1n) is 6.15. The molecule has 0 radical (unpaired) electrons. The van der Waals surface area contributed by atoms with Crippen LogP contribution in [0, 0.1) is 5.92 Å². The van der Waals surface area contributed by atoms with E-state index in [1.165, 1.54) is 17.0 Å². The van der Waals surface area contributed by atoms with Gasteiger partial charge in [-0.05, 0) is 26.2 Å². The van der Waals surface area contributed by atoms with Crippen molar-refractivity contribution >= 4 is 15.9 Å². The summed E-state index contributed by atoms with van der Waals surface area (Å²) in [6.07, 6.45) is 4.51. The van der Waals surface area contributed by atoms with Crippen LogP contribution in [-0.4, -0.2) is 55.5 Å². The Labute approximate surface area is 103 Å². The first kappa shape index (κ1) is 12.8. The largest absolute Gasteiger partial charge is 0.340 e. The van der Waals surface area contributed by atoms with Crippen LogP contribution in [0.25, 0.3) is 0 Å². The molecule has 17 heavy (non-hydrogen) atoms. The number of amides is 1. The second kappa shape index (κ2) is 4.57. The summed E-state index contributed by atoms with van der Waals surface area (Å²) < 4.78 is 23.8. The van der Waals surface area contributed by atoms with Crippen LogP contribution in [0.5, 0.6) is 0 Å². The molecule has 1 atom stereocenters. The van der Waals surface area contributed by atoms with Gasteiger partial charge in [0.15, 0.2) is 0 Å². The van der Waals surface area contributed by atoms with Crippen molar-refractivity contribution in [1.29, 1.82) is 0 Å². The van der Waals surface area contributed by atoms with Crippen molar-refractivity contribution in [2.45, 2.75) is 32.2 Å². The van der Waals surface area contributed by atoms with E-state index in [0.29, 0.717) is 19.1 Å². The molecule has 0 aliphatic carbocycles. The van der Waals surface area contributed by atoms with E-state index in [-0.39, 0.29) is 11.8 Å². The average Bonchev–Trinajstić information content (AvgIpc) is 2.13. The molecular formula is C11H20N2O3S. The topological polar surface area (TPSA) is 57.7 Å². The number of hydrogen-bond acceptors (Lipinski definition) is 3. The molecule has 2 aliphatic heterocycles. The third-order valence-electron chi connectivity index (χ3n) is 3.75. The van der Waals surface area contributed by atoms with E-state index in [1.54, 1.807) is 0 Å². The van der Waals surface area contributed by atoms with Crippen molar-refractivity contribution in [1.82, 2.24) is 9.21 Å². The number of nitrogens with zero attached hydrogens (tertiary/aromatic N) is 2. The van der Waals surface area contributed by atoms with Gasteiger partial charge in [0.05, 0.1) is 12.2 Å². The minimum atomic E-state index is -3.11. The molecule has 0 bridgehead atoms. The lowest BCUT2D eigenvalue weighted by atomic mass is 9.97. The van der Waals surface area contributed by atoms with Gasteiger partial charge in [-0.25, -0.2) is 12.7 Å². The summed E-state index contributed by atoms with van der Waals surface area (Å²) in [5, 5.41) is 0. The van der Waals surface area contributed by atoms with Crippen molar-refractivity contribution in [3.8, 4) is 0 Å². The van der Waals surface area contributed by atoms with Crippen LogP contribution in [0.3, 0.4) is 0 Å². The maximum Gasteiger partial charge on any atom is 0.228 e. The zero-order valence-electron chi connectivity index (χ0n) is 10.4. The van der Waals surface area contributed by atoms with Crippen molar-refractivity contribution in [2.75, 3.05) is 25.9 Å². The number of carbonyl (C=O) groups is 1. The minimum Gasteiger partial charge on any atom is -0.340 e. The quantitative estimate of drug-likeness (QED) is 0.716. The molecule has 0 saturated carbocycles. The Morgan fingerprint density at radius 1 is 1.24 bits per heavy atom. The smallest absolute Gasteiger partial charge is 0.228 e. The van der Waals surface area contributed by atoms with Gasteiger partial charge in [-0.2, -0.15) is 0 Å². The molecule has 2 aliphatic rings. The number of carbonyl (C=O) groups excluding carboxylic acids is 1. The third kappa shape index (κ3) is 2.63. The van der Waals surface area contributed by atoms with Gasteiger partial charge in [-0.15, -0.1) is 0 Å². The maximum atomic E-state index is 12.2. The highest BCUT2D eigenvalue weighted by atomic mass is 32.2. The van der Waals surface area contributed by atoms with Crippen LogP contribution < -0.4 is 0 Å². The molecule has 0 aromatic carbocycles. The van der Waals surface area contributed by atoms with Crippen LogP contribution in [-0.2, 0) is 14.8 Å². The molecule has 0 spiro atoms. The number of sulfonamides is 1. The summed E-state index contributed by atoms with van der Waals surface area (Å²) in [5.41, 5.74) is 0. The van der Waals surface area contributed by atoms with Gasteiger partial charge in [0, 0.05) is 25.7 Å². The fourth-order valence-electron chi connectivity index (χ4n) is 2.53. The van der Waals surface area contributed by atoms with Gasteiger partial charge in [0.1, 0.15) is 0 Å².